The fourth-order valence-corrected chi connectivity index (χ4v) is 1.97. The highest BCUT2D eigenvalue weighted by Crippen LogP contribution is 2.25. The first kappa shape index (κ1) is 17.0. The molecule has 3 nitrogen and oxygen atoms in total. The fourth-order valence-electron chi connectivity index (χ4n) is 1.97. The Balaban J connectivity index is 2.77. The van der Waals surface area contributed by atoms with Gasteiger partial charge in [-0.15, -0.1) is 0 Å². The summed E-state index contributed by atoms with van der Waals surface area (Å²) in [5.41, 5.74) is 1.17. The van der Waals surface area contributed by atoms with Crippen molar-refractivity contribution in [3.8, 4) is 5.75 Å². The molecule has 0 heterocycles. The molecule has 20 heavy (non-hydrogen) atoms. The first-order valence-corrected chi connectivity index (χ1v) is 7.58. The van der Waals surface area contributed by atoms with Crippen molar-refractivity contribution in [3.63, 3.8) is 0 Å². The minimum absolute atomic E-state index is 0.173. The van der Waals surface area contributed by atoms with Crippen LogP contribution in [-0.2, 0) is 4.74 Å². The quantitative estimate of drug-likeness (QED) is 0.746. The lowest BCUT2D eigenvalue weighted by atomic mass is 10.1. The van der Waals surface area contributed by atoms with E-state index in [0.717, 1.165) is 18.7 Å². The Morgan fingerprint density at radius 1 is 1.15 bits per heavy atom. The van der Waals surface area contributed by atoms with Gasteiger partial charge in [0, 0.05) is 5.56 Å². The van der Waals surface area contributed by atoms with E-state index in [1.165, 1.54) is 5.56 Å². The predicted octanol–water partition coefficient (Wildman–Crippen LogP) is 3.80. The summed E-state index contributed by atoms with van der Waals surface area (Å²) in [6.45, 7) is 10.3. The molecule has 0 bridgehead atoms. The molecular weight excluding hydrogens is 250 g/mol. The van der Waals surface area contributed by atoms with Gasteiger partial charge in [-0.2, -0.15) is 0 Å². The molecule has 0 saturated heterocycles. The molecule has 0 amide bonds. The smallest absolute Gasteiger partial charge is 0.123 e. The Kier molecular flexibility index (Phi) is 7.63. The Bertz CT molecular complexity index is 379. The molecule has 114 valence electrons. The zero-order valence-corrected chi connectivity index (χ0v) is 13.5. The van der Waals surface area contributed by atoms with Gasteiger partial charge in [0.25, 0.3) is 0 Å². The average Bonchev–Trinajstić information content (AvgIpc) is 2.47. The molecule has 3 heteroatoms. The molecule has 1 aromatic carbocycles. The van der Waals surface area contributed by atoms with Gasteiger partial charge < -0.3 is 14.8 Å². The average molecular weight is 279 g/mol. The first-order valence-electron chi connectivity index (χ1n) is 7.58. The molecule has 1 N–H and O–H groups in total. The summed E-state index contributed by atoms with van der Waals surface area (Å²) in [6, 6.07) is 8.32. The van der Waals surface area contributed by atoms with Crippen molar-refractivity contribution < 1.29 is 9.47 Å². The maximum atomic E-state index is 6.00. The molecule has 0 aromatic heterocycles. The summed E-state index contributed by atoms with van der Waals surface area (Å²) in [4.78, 5) is 0. The number of rotatable bonds is 9. The summed E-state index contributed by atoms with van der Waals surface area (Å²) < 4.78 is 11.5. The minimum Gasteiger partial charge on any atom is -0.496 e. The summed E-state index contributed by atoms with van der Waals surface area (Å²) in [5.74, 6) is 1.45. The van der Waals surface area contributed by atoms with E-state index in [0.29, 0.717) is 12.5 Å². The van der Waals surface area contributed by atoms with Gasteiger partial charge in [-0.3, -0.25) is 0 Å². The molecule has 0 aliphatic carbocycles. The maximum absolute atomic E-state index is 6.00. The second kappa shape index (κ2) is 8.98. The van der Waals surface area contributed by atoms with E-state index in [1.807, 2.05) is 18.2 Å². The number of benzene rings is 1. The van der Waals surface area contributed by atoms with Crippen LogP contribution in [0.1, 0.15) is 45.7 Å². The molecular formula is C17H29NO2. The minimum atomic E-state index is 0.173. The number of nitrogens with one attached hydrogen (secondary N) is 1. The second-order valence-corrected chi connectivity index (χ2v) is 5.53. The van der Waals surface area contributed by atoms with Gasteiger partial charge in [0.05, 0.1) is 25.9 Å². The molecule has 1 aromatic rings. The van der Waals surface area contributed by atoms with E-state index in [9.17, 15) is 0 Å². The topological polar surface area (TPSA) is 30.5 Å². The number of hydrogen-bond acceptors (Lipinski definition) is 3. The van der Waals surface area contributed by atoms with Gasteiger partial charge in [0.2, 0.25) is 0 Å². The van der Waals surface area contributed by atoms with Crippen LogP contribution >= 0.6 is 0 Å². The third-order valence-electron chi connectivity index (χ3n) is 3.62. The van der Waals surface area contributed by atoms with E-state index in [-0.39, 0.29) is 12.1 Å². The normalized spacial score (nSPS) is 14.3. The Hall–Kier alpha value is -1.06. The fraction of sp³-hybridized carbons (Fsp3) is 0.647. The zero-order valence-electron chi connectivity index (χ0n) is 13.5. The Morgan fingerprint density at radius 2 is 1.85 bits per heavy atom. The molecule has 0 radical (unpaired) electrons. The van der Waals surface area contributed by atoms with E-state index in [2.05, 4.69) is 39.1 Å². The van der Waals surface area contributed by atoms with E-state index < -0.39 is 0 Å². The lowest BCUT2D eigenvalue weighted by molar-refractivity contribution is 0.0215. The highest BCUT2D eigenvalue weighted by Gasteiger charge is 2.17. The van der Waals surface area contributed by atoms with Crippen LogP contribution in [0.4, 0.5) is 0 Å². The van der Waals surface area contributed by atoms with Crippen molar-refractivity contribution in [1.29, 1.82) is 0 Å². The van der Waals surface area contributed by atoms with Crippen molar-refractivity contribution in [2.75, 3.05) is 20.3 Å². The Morgan fingerprint density at radius 3 is 2.45 bits per heavy atom. The lowest BCUT2D eigenvalue weighted by Gasteiger charge is -2.24. The van der Waals surface area contributed by atoms with E-state index in [1.54, 1.807) is 7.11 Å². The highest BCUT2D eigenvalue weighted by atomic mass is 16.5. The van der Waals surface area contributed by atoms with E-state index >= 15 is 0 Å². The van der Waals surface area contributed by atoms with Crippen molar-refractivity contribution in [2.45, 2.75) is 46.3 Å². The van der Waals surface area contributed by atoms with Crippen LogP contribution < -0.4 is 10.1 Å². The standard InChI is InChI=1S/C17H29NO2/c1-6-11-18-16(12-20-14(4)13(2)3)15-9-7-8-10-17(15)19-5/h7-10,13-14,16,18H,6,11-12H2,1-5H3. The molecule has 0 aliphatic rings. The molecule has 2 atom stereocenters. The largest absolute Gasteiger partial charge is 0.496 e. The second-order valence-electron chi connectivity index (χ2n) is 5.53. The monoisotopic (exact) mass is 279 g/mol. The maximum Gasteiger partial charge on any atom is 0.123 e. The van der Waals surface area contributed by atoms with Crippen molar-refractivity contribution >= 4 is 0 Å². The van der Waals surface area contributed by atoms with E-state index in [4.69, 9.17) is 9.47 Å². The highest BCUT2D eigenvalue weighted by molar-refractivity contribution is 5.35. The third kappa shape index (κ3) is 5.14. The molecule has 0 spiro atoms. The number of methoxy groups -OCH3 is 1. The number of hydrogen-bond donors (Lipinski definition) is 1. The third-order valence-corrected chi connectivity index (χ3v) is 3.62. The number of para-hydroxylation sites is 1. The van der Waals surface area contributed by atoms with Crippen LogP contribution in [0.15, 0.2) is 24.3 Å². The van der Waals surface area contributed by atoms with Gasteiger partial charge >= 0.3 is 0 Å². The van der Waals surface area contributed by atoms with Gasteiger partial charge in [-0.05, 0) is 31.9 Å². The molecule has 0 aliphatic heterocycles. The van der Waals surface area contributed by atoms with Crippen LogP contribution in [0, 0.1) is 5.92 Å². The lowest BCUT2D eigenvalue weighted by Crippen LogP contribution is -2.29. The van der Waals surface area contributed by atoms with Crippen LogP contribution in [-0.4, -0.2) is 26.4 Å². The van der Waals surface area contributed by atoms with Crippen molar-refractivity contribution in [2.24, 2.45) is 5.92 Å². The SMILES string of the molecule is CCCNC(COC(C)C(C)C)c1ccccc1OC. The van der Waals surface area contributed by atoms with Crippen molar-refractivity contribution in [1.82, 2.24) is 5.32 Å². The van der Waals surface area contributed by atoms with Crippen LogP contribution in [0.3, 0.4) is 0 Å². The van der Waals surface area contributed by atoms with Gasteiger partial charge in [0.15, 0.2) is 0 Å². The van der Waals surface area contributed by atoms with Crippen LogP contribution in [0.25, 0.3) is 0 Å². The predicted molar refractivity (Wildman–Crippen MR) is 84.3 cm³/mol. The molecule has 2 unspecified atom stereocenters. The zero-order chi connectivity index (χ0) is 15.0. The summed E-state index contributed by atoms with van der Waals surface area (Å²) in [7, 11) is 1.72. The molecule has 0 saturated carbocycles. The number of ether oxygens (including phenoxy) is 2. The van der Waals surface area contributed by atoms with Gasteiger partial charge in [-0.25, -0.2) is 0 Å². The van der Waals surface area contributed by atoms with Gasteiger partial charge in [-0.1, -0.05) is 39.0 Å². The van der Waals surface area contributed by atoms with Gasteiger partial charge in [0.1, 0.15) is 5.75 Å². The van der Waals surface area contributed by atoms with Crippen molar-refractivity contribution in [3.05, 3.63) is 29.8 Å². The Labute approximate surface area is 123 Å². The first-order chi connectivity index (χ1) is 9.60. The summed E-state index contributed by atoms with van der Waals surface area (Å²) in [6.07, 6.45) is 1.36. The molecule has 1 rings (SSSR count). The van der Waals surface area contributed by atoms with Crippen LogP contribution in [0.5, 0.6) is 5.75 Å². The summed E-state index contributed by atoms with van der Waals surface area (Å²) >= 11 is 0. The molecule has 0 fully saturated rings. The summed E-state index contributed by atoms with van der Waals surface area (Å²) in [5, 5.41) is 3.55. The van der Waals surface area contributed by atoms with Crippen LogP contribution in [0.2, 0.25) is 0 Å².